The Bertz CT molecular complexity index is 601. The first kappa shape index (κ1) is 11.7. The SMILES string of the molecule is CC(N(C)C)n1c(=O)c(N)cc2ccccc21. The summed E-state index contributed by atoms with van der Waals surface area (Å²) in [4.78, 5) is 14.1. The number of hydrogen-bond donors (Lipinski definition) is 1. The molecule has 4 heteroatoms. The molecule has 0 spiro atoms. The molecule has 90 valence electrons. The molecule has 1 atom stereocenters. The highest BCUT2D eigenvalue weighted by Crippen LogP contribution is 2.18. The van der Waals surface area contributed by atoms with Gasteiger partial charge in [-0.25, -0.2) is 0 Å². The highest BCUT2D eigenvalue weighted by Gasteiger charge is 2.13. The zero-order valence-corrected chi connectivity index (χ0v) is 10.3. The van der Waals surface area contributed by atoms with Gasteiger partial charge in [0.1, 0.15) is 0 Å². The fourth-order valence-corrected chi connectivity index (χ4v) is 1.91. The van der Waals surface area contributed by atoms with Crippen LogP contribution in [0, 0.1) is 0 Å². The van der Waals surface area contributed by atoms with Crippen molar-refractivity contribution in [3.63, 3.8) is 0 Å². The van der Waals surface area contributed by atoms with Gasteiger partial charge in [0.15, 0.2) is 0 Å². The average Bonchev–Trinajstić information content (AvgIpc) is 2.30. The van der Waals surface area contributed by atoms with Gasteiger partial charge < -0.3 is 5.73 Å². The van der Waals surface area contributed by atoms with E-state index in [9.17, 15) is 4.79 Å². The van der Waals surface area contributed by atoms with Crippen LogP contribution in [-0.4, -0.2) is 23.6 Å². The molecule has 0 aliphatic rings. The van der Waals surface area contributed by atoms with E-state index in [-0.39, 0.29) is 17.4 Å². The maximum Gasteiger partial charge on any atom is 0.275 e. The Hall–Kier alpha value is -1.81. The van der Waals surface area contributed by atoms with Gasteiger partial charge in [0.05, 0.1) is 17.4 Å². The lowest BCUT2D eigenvalue weighted by Gasteiger charge is -2.24. The molecule has 1 unspecified atom stereocenters. The van der Waals surface area contributed by atoms with Crippen molar-refractivity contribution >= 4 is 16.6 Å². The van der Waals surface area contributed by atoms with E-state index in [0.29, 0.717) is 0 Å². The number of benzene rings is 1. The standard InChI is InChI=1S/C13H17N3O/c1-9(15(2)3)16-12-7-5-4-6-10(12)8-11(14)13(16)17/h4-9H,14H2,1-3H3. The van der Waals surface area contributed by atoms with Gasteiger partial charge in [0, 0.05) is 5.39 Å². The first-order valence-corrected chi connectivity index (χ1v) is 5.58. The Morgan fingerprint density at radius 3 is 2.59 bits per heavy atom. The zero-order chi connectivity index (χ0) is 12.6. The van der Waals surface area contributed by atoms with Crippen LogP contribution < -0.4 is 11.3 Å². The molecule has 1 aromatic carbocycles. The molecular weight excluding hydrogens is 214 g/mol. The summed E-state index contributed by atoms with van der Waals surface area (Å²) in [6.07, 6.45) is -0.0316. The lowest BCUT2D eigenvalue weighted by molar-refractivity contribution is 0.240. The van der Waals surface area contributed by atoms with Gasteiger partial charge in [0.2, 0.25) is 0 Å². The summed E-state index contributed by atoms with van der Waals surface area (Å²) in [5.41, 5.74) is 6.84. The molecule has 0 bridgehead atoms. The summed E-state index contributed by atoms with van der Waals surface area (Å²) < 4.78 is 1.73. The third-order valence-corrected chi connectivity index (χ3v) is 3.09. The molecule has 17 heavy (non-hydrogen) atoms. The normalized spacial score (nSPS) is 13.2. The van der Waals surface area contributed by atoms with E-state index in [0.717, 1.165) is 10.9 Å². The Balaban J connectivity index is 2.83. The van der Waals surface area contributed by atoms with Crippen molar-refractivity contribution in [2.45, 2.75) is 13.1 Å². The van der Waals surface area contributed by atoms with Crippen molar-refractivity contribution in [1.82, 2.24) is 9.47 Å². The number of pyridine rings is 1. The Kier molecular flexibility index (Phi) is 2.90. The molecule has 0 saturated carbocycles. The van der Waals surface area contributed by atoms with Gasteiger partial charge in [-0.2, -0.15) is 0 Å². The number of para-hydroxylation sites is 1. The van der Waals surface area contributed by atoms with Crippen molar-refractivity contribution in [3.8, 4) is 0 Å². The fraction of sp³-hybridized carbons (Fsp3) is 0.308. The van der Waals surface area contributed by atoms with Gasteiger partial charge in [-0.15, -0.1) is 0 Å². The lowest BCUT2D eigenvalue weighted by Crippen LogP contribution is -2.33. The molecule has 0 amide bonds. The lowest BCUT2D eigenvalue weighted by atomic mass is 10.2. The topological polar surface area (TPSA) is 51.3 Å². The molecule has 2 rings (SSSR count). The number of rotatable bonds is 2. The number of anilines is 1. The zero-order valence-electron chi connectivity index (χ0n) is 10.3. The monoisotopic (exact) mass is 231 g/mol. The van der Waals surface area contributed by atoms with Gasteiger partial charge in [-0.05, 0) is 33.2 Å². The number of nitrogens with two attached hydrogens (primary N) is 1. The minimum atomic E-state index is -0.134. The van der Waals surface area contributed by atoms with Crippen molar-refractivity contribution in [3.05, 3.63) is 40.7 Å². The molecule has 0 saturated heterocycles. The van der Waals surface area contributed by atoms with Crippen molar-refractivity contribution in [2.24, 2.45) is 0 Å². The number of hydrogen-bond acceptors (Lipinski definition) is 3. The van der Waals surface area contributed by atoms with Crippen LogP contribution in [0.5, 0.6) is 0 Å². The van der Waals surface area contributed by atoms with Gasteiger partial charge >= 0.3 is 0 Å². The molecule has 0 fully saturated rings. The maximum absolute atomic E-state index is 12.1. The summed E-state index contributed by atoms with van der Waals surface area (Å²) in [5, 5.41) is 0.985. The van der Waals surface area contributed by atoms with Gasteiger partial charge in [-0.1, -0.05) is 18.2 Å². The second-order valence-corrected chi connectivity index (χ2v) is 4.43. The number of nitrogens with zero attached hydrogens (tertiary/aromatic N) is 2. The van der Waals surface area contributed by atoms with Crippen LogP contribution in [0.2, 0.25) is 0 Å². The average molecular weight is 231 g/mol. The van der Waals surface area contributed by atoms with Crippen LogP contribution in [0.1, 0.15) is 13.1 Å². The van der Waals surface area contributed by atoms with E-state index in [1.165, 1.54) is 0 Å². The molecular formula is C13H17N3O. The van der Waals surface area contributed by atoms with Crippen LogP contribution in [0.15, 0.2) is 35.1 Å². The number of aromatic nitrogens is 1. The number of nitrogen functional groups attached to an aromatic ring is 1. The van der Waals surface area contributed by atoms with Crippen LogP contribution in [-0.2, 0) is 0 Å². The third kappa shape index (κ3) is 1.91. The van der Waals surface area contributed by atoms with Crippen molar-refractivity contribution < 1.29 is 0 Å². The maximum atomic E-state index is 12.1. The van der Waals surface area contributed by atoms with Crippen LogP contribution in [0.25, 0.3) is 10.9 Å². The van der Waals surface area contributed by atoms with Crippen LogP contribution >= 0.6 is 0 Å². The van der Waals surface area contributed by atoms with Crippen LogP contribution in [0.4, 0.5) is 5.69 Å². The minimum absolute atomic E-state index is 0.0316. The second-order valence-electron chi connectivity index (χ2n) is 4.43. The summed E-state index contributed by atoms with van der Waals surface area (Å²) in [7, 11) is 3.88. The predicted octanol–water partition coefficient (Wildman–Crippen LogP) is 1.66. The predicted molar refractivity (Wildman–Crippen MR) is 71.0 cm³/mol. The fourth-order valence-electron chi connectivity index (χ4n) is 1.91. The second kappa shape index (κ2) is 4.22. The molecule has 0 radical (unpaired) electrons. The van der Waals surface area contributed by atoms with E-state index in [1.54, 1.807) is 10.6 Å². The quantitative estimate of drug-likeness (QED) is 0.855. The minimum Gasteiger partial charge on any atom is -0.394 e. The highest BCUT2D eigenvalue weighted by atomic mass is 16.1. The van der Waals surface area contributed by atoms with E-state index in [1.807, 2.05) is 50.2 Å². The first-order valence-electron chi connectivity index (χ1n) is 5.58. The smallest absolute Gasteiger partial charge is 0.275 e. The largest absolute Gasteiger partial charge is 0.394 e. The number of fused-ring (bicyclic) bond motifs is 1. The van der Waals surface area contributed by atoms with E-state index >= 15 is 0 Å². The Labute approximate surface area is 100 Å². The molecule has 0 aliphatic heterocycles. The summed E-state index contributed by atoms with van der Waals surface area (Å²) in [6, 6.07) is 9.50. The first-order chi connectivity index (χ1) is 8.02. The summed E-state index contributed by atoms with van der Waals surface area (Å²) in [6.45, 7) is 1.98. The molecule has 4 nitrogen and oxygen atoms in total. The molecule has 2 aromatic rings. The van der Waals surface area contributed by atoms with Crippen molar-refractivity contribution in [1.29, 1.82) is 0 Å². The van der Waals surface area contributed by atoms with E-state index < -0.39 is 0 Å². The van der Waals surface area contributed by atoms with Crippen LogP contribution in [0.3, 0.4) is 0 Å². The Morgan fingerprint density at radius 2 is 1.94 bits per heavy atom. The Morgan fingerprint density at radius 1 is 1.29 bits per heavy atom. The summed E-state index contributed by atoms with van der Waals surface area (Å²) in [5.74, 6) is 0. The molecule has 1 aromatic heterocycles. The van der Waals surface area contributed by atoms with Gasteiger partial charge in [0.25, 0.3) is 5.56 Å². The third-order valence-electron chi connectivity index (χ3n) is 3.09. The van der Waals surface area contributed by atoms with E-state index in [2.05, 4.69) is 0 Å². The molecule has 2 N–H and O–H groups in total. The summed E-state index contributed by atoms with van der Waals surface area (Å²) >= 11 is 0. The van der Waals surface area contributed by atoms with Crippen molar-refractivity contribution in [2.75, 3.05) is 19.8 Å². The van der Waals surface area contributed by atoms with Gasteiger partial charge in [-0.3, -0.25) is 14.3 Å². The molecule has 1 heterocycles. The molecule has 0 aliphatic carbocycles. The highest BCUT2D eigenvalue weighted by molar-refractivity contribution is 5.81. The van der Waals surface area contributed by atoms with E-state index in [4.69, 9.17) is 5.73 Å².